The van der Waals surface area contributed by atoms with E-state index in [4.69, 9.17) is 30.5 Å². The summed E-state index contributed by atoms with van der Waals surface area (Å²) in [4.78, 5) is 31.2. The average molecular weight is 544 g/mol. The van der Waals surface area contributed by atoms with Gasteiger partial charge in [-0.05, 0) is 26.2 Å². The fourth-order valence-electron chi connectivity index (χ4n) is 4.22. The molecule has 12 nitrogen and oxygen atoms in total. The van der Waals surface area contributed by atoms with E-state index < -0.39 is 17.9 Å². The summed E-state index contributed by atoms with van der Waals surface area (Å²) in [5, 5.41) is 4.29. The van der Waals surface area contributed by atoms with Crippen LogP contribution in [0.2, 0.25) is 0 Å². The van der Waals surface area contributed by atoms with Crippen molar-refractivity contribution in [2.75, 3.05) is 31.2 Å². The number of carbonyl (C=O) groups is 1. The molecule has 0 saturated carbocycles. The number of nitrogens with zero attached hydrogens (tertiary/aromatic N) is 5. The molecule has 0 radical (unpaired) electrons. The van der Waals surface area contributed by atoms with E-state index in [-0.39, 0.29) is 30.1 Å². The predicted molar refractivity (Wildman–Crippen MR) is 142 cm³/mol. The van der Waals surface area contributed by atoms with Crippen molar-refractivity contribution in [3.05, 3.63) is 42.0 Å². The molecule has 39 heavy (non-hydrogen) atoms. The molecule has 1 amide bonds. The zero-order valence-electron chi connectivity index (χ0n) is 21.9. The molecule has 1 aromatic heterocycles. The maximum absolute atomic E-state index is 15.1. The lowest BCUT2D eigenvalue weighted by Gasteiger charge is -2.27. The fraction of sp³-hybridized carbons (Fsp3) is 0.500. The predicted octanol–water partition coefficient (Wildman–Crippen LogP) is 3.10. The summed E-state index contributed by atoms with van der Waals surface area (Å²) < 4.78 is 31.4. The number of rotatable bonds is 9. The summed E-state index contributed by atoms with van der Waals surface area (Å²) in [5.74, 6) is -0.426. The molecule has 4 rings (SSSR count). The summed E-state index contributed by atoms with van der Waals surface area (Å²) in [6.07, 6.45) is 6.45. The number of anilines is 1. The van der Waals surface area contributed by atoms with Crippen molar-refractivity contribution < 1.29 is 28.2 Å². The molecule has 0 bridgehead atoms. The van der Waals surface area contributed by atoms with Crippen molar-refractivity contribution in [3.63, 3.8) is 0 Å². The van der Waals surface area contributed by atoms with Gasteiger partial charge in [0.15, 0.2) is 12.2 Å². The van der Waals surface area contributed by atoms with Gasteiger partial charge in [-0.15, -0.1) is 4.99 Å². The zero-order chi connectivity index (χ0) is 27.6. The Bertz CT molecular complexity index is 1160. The van der Waals surface area contributed by atoms with Crippen LogP contribution < -0.4 is 16.4 Å². The molecular weight excluding hydrogens is 509 g/mol. The Balaban J connectivity index is 1.26. The van der Waals surface area contributed by atoms with Gasteiger partial charge in [0.1, 0.15) is 19.0 Å². The minimum atomic E-state index is -0.998. The lowest BCUT2D eigenvalue weighted by molar-refractivity contribution is -0.193. The van der Waals surface area contributed by atoms with Crippen LogP contribution >= 0.6 is 0 Å². The molecular formula is C26H34FN7O5. The quantitative estimate of drug-likeness (QED) is 0.273. The molecule has 1 aromatic carbocycles. The standard InChI is InChI=1S/C26H34FN7O5/c1-17(39-22-7-2-3-12-36-22)15-38-33-20-8-10-34(11-9-20)25-30-13-19(14-31-25)21-6-4-5-18(23(21)27)16-37-26(35)32-24(28)29/h4-6,13-14,17,22H,2-3,7-12,15-16H2,1H3,(H4,28,29,32,35). The van der Waals surface area contributed by atoms with Crippen LogP contribution in [-0.2, 0) is 25.7 Å². The number of nitrogens with two attached hydrogens (primary N) is 2. The summed E-state index contributed by atoms with van der Waals surface area (Å²) >= 11 is 0. The molecule has 3 heterocycles. The molecule has 2 aliphatic heterocycles. The average Bonchev–Trinajstić information content (AvgIpc) is 2.93. The van der Waals surface area contributed by atoms with Gasteiger partial charge in [0, 0.05) is 61.6 Å². The van der Waals surface area contributed by atoms with E-state index in [0.717, 1.165) is 44.4 Å². The van der Waals surface area contributed by atoms with Crippen molar-refractivity contribution in [2.45, 2.75) is 58.0 Å². The molecule has 2 fully saturated rings. The maximum Gasteiger partial charge on any atom is 0.437 e. The topological polar surface area (TPSA) is 160 Å². The van der Waals surface area contributed by atoms with Crippen molar-refractivity contribution in [1.82, 2.24) is 9.97 Å². The van der Waals surface area contributed by atoms with E-state index in [1.165, 1.54) is 6.07 Å². The number of piperidine rings is 1. The Morgan fingerprint density at radius 3 is 2.69 bits per heavy atom. The van der Waals surface area contributed by atoms with Crippen LogP contribution in [0.3, 0.4) is 0 Å². The van der Waals surface area contributed by atoms with Crippen molar-refractivity contribution >= 4 is 23.7 Å². The zero-order valence-corrected chi connectivity index (χ0v) is 21.9. The van der Waals surface area contributed by atoms with Gasteiger partial charge in [0.2, 0.25) is 5.95 Å². The van der Waals surface area contributed by atoms with Gasteiger partial charge in [-0.25, -0.2) is 19.2 Å². The minimum Gasteiger partial charge on any atom is -0.443 e. The number of aromatic nitrogens is 2. The second kappa shape index (κ2) is 13.8. The number of guanidine groups is 1. The summed E-state index contributed by atoms with van der Waals surface area (Å²) in [6.45, 7) is 4.12. The van der Waals surface area contributed by atoms with E-state index in [1.54, 1.807) is 24.5 Å². The van der Waals surface area contributed by atoms with Gasteiger partial charge in [-0.3, -0.25) is 0 Å². The largest absolute Gasteiger partial charge is 0.443 e. The first-order chi connectivity index (χ1) is 18.9. The van der Waals surface area contributed by atoms with Gasteiger partial charge in [0.25, 0.3) is 0 Å². The van der Waals surface area contributed by atoms with Crippen molar-refractivity contribution in [1.29, 1.82) is 0 Å². The normalized spacial score (nSPS) is 18.3. The summed E-state index contributed by atoms with van der Waals surface area (Å²) in [7, 11) is 0. The van der Waals surface area contributed by atoms with E-state index in [2.05, 4.69) is 20.1 Å². The van der Waals surface area contributed by atoms with Crippen LogP contribution in [0.5, 0.6) is 0 Å². The Morgan fingerprint density at radius 1 is 1.23 bits per heavy atom. The van der Waals surface area contributed by atoms with E-state index in [0.29, 0.717) is 31.2 Å². The minimum absolute atomic E-state index is 0.102. The monoisotopic (exact) mass is 543 g/mol. The molecule has 2 aliphatic rings. The third-order valence-electron chi connectivity index (χ3n) is 6.25. The van der Waals surface area contributed by atoms with Gasteiger partial charge in [-0.1, -0.05) is 23.4 Å². The molecule has 2 aromatic rings. The second-order valence-electron chi connectivity index (χ2n) is 9.32. The van der Waals surface area contributed by atoms with Crippen molar-refractivity contribution in [2.24, 2.45) is 21.6 Å². The van der Waals surface area contributed by atoms with Crippen LogP contribution in [0.1, 0.15) is 44.6 Å². The first kappa shape index (κ1) is 28.2. The highest BCUT2D eigenvalue weighted by Crippen LogP contribution is 2.26. The number of hydrogen-bond acceptors (Lipinski definition) is 9. The highest BCUT2D eigenvalue weighted by atomic mass is 19.1. The number of benzene rings is 1. The Kier molecular flexibility index (Phi) is 9.97. The van der Waals surface area contributed by atoms with Crippen LogP contribution in [-0.4, -0.2) is 66.4 Å². The number of hydrogen-bond donors (Lipinski definition) is 2. The lowest BCUT2D eigenvalue weighted by atomic mass is 10.1. The Labute approximate surface area is 226 Å². The number of amides is 1. The number of oxime groups is 1. The number of halogens is 1. The molecule has 0 aliphatic carbocycles. The first-order valence-corrected chi connectivity index (χ1v) is 12.9. The van der Waals surface area contributed by atoms with Crippen LogP contribution in [0.25, 0.3) is 11.1 Å². The van der Waals surface area contributed by atoms with Crippen LogP contribution in [0, 0.1) is 5.82 Å². The lowest BCUT2D eigenvalue weighted by Crippen LogP contribution is -2.35. The van der Waals surface area contributed by atoms with Gasteiger partial charge < -0.3 is 35.4 Å². The highest BCUT2D eigenvalue weighted by Gasteiger charge is 2.20. The van der Waals surface area contributed by atoms with Crippen molar-refractivity contribution in [3.8, 4) is 11.1 Å². The Hall–Kier alpha value is -3.84. The highest BCUT2D eigenvalue weighted by molar-refractivity contribution is 5.88. The first-order valence-electron chi connectivity index (χ1n) is 12.9. The molecule has 2 atom stereocenters. The third-order valence-corrected chi connectivity index (χ3v) is 6.25. The van der Waals surface area contributed by atoms with Gasteiger partial charge in [-0.2, -0.15) is 0 Å². The maximum atomic E-state index is 15.1. The molecule has 2 unspecified atom stereocenters. The van der Waals surface area contributed by atoms with Gasteiger partial charge in [0.05, 0.1) is 11.8 Å². The smallest absolute Gasteiger partial charge is 0.437 e. The van der Waals surface area contributed by atoms with Crippen LogP contribution in [0.15, 0.2) is 40.7 Å². The molecule has 4 N–H and O–H groups in total. The Morgan fingerprint density at radius 2 is 2.00 bits per heavy atom. The van der Waals surface area contributed by atoms with E-state index in [9.17, 15) is 4.79 Å². The SMILES string of the molecule is CC(CON=C1CCN(c2ncc(-c3cccc(COC(=O)N=C(N)N)c3F)cn2)CC1)OC1CCCCO1. The molecule has 210 valence electrons. The fourth-order valence-corrected chi connectivity index (χ4v) is 4.22. The second-order valence-corrected chi connectivity index (χ2v) is 9.32. The molecule has 13 heteroatoms. The third kappa shape index (κ3) is 8.32. The van der Waals surface area contributed by atoms with Gasteiger partial charge >= 0.3 is 6.09 Å². The van der Waals surface area contributed by atoms with Crippen LogP contribution in [0.4, 0.5) is 15.1 Å². The summed E-state index contributed by atoms with van der Waals surface area (Å²) in [6, 6.07) is 4.76. The molecule has 0 spiro atoms. The van der Waals surface area contributed by atoms with E-state index >= 15 is 4.39 Å². The van der Waals surface area contributed by atoms with E-state index in [1.807, 2.05) is 11.8 Å². The summed E-state index contributed by atoms with van der Waals surface area (Å²) in [5.41, 5.74) is 12.2. The number of carbonyl (C=O) groups excluding carboxylic acids is 1. The number of aliphatic imine (C=N–C) groups is 1. The number of ether oxygens (including phenoxy) is 3. The molecule has 2 saturated heterocycles.